The number of piperidine rings is 2. The highest BCUT2D eigenvalue weighted by molar-refractivity contribution is 7.05. The molecule has 0 radical (unpaired) electrons. The number of rotatable bonds is 6. The molecule has 1 aliphatic carbocycles. The Labute approximate surface area is 200 Å². The van der Waals surface area contributed by atoms with Crippen LogP contribution in [0.4, 0.5) is 11.8 Å². The number of hydrogen-bond donors (Lipinski definition) is 2. The summed E-state index contributed by atoms with van der Waals surface area (Å²) < 4.78 is 4.58. The molecule has 9 heteroatoms. The van der Waals surface area contributed by atoms with Crippen LogP contribution >= 0.6 is 11.5 Å². The van der Waals surface area contributed by atoms with Gasteiger partial charge in [0.05, 0.1) is 11.6 Å². The van der Waals surface area contributed by atoms with Gasteiger partial charge in [0.15, 0.2) is 0 Å². The van der Waals surface area contributed by atoms with E-state index in [1.54, 1.807) is 6.20 Å². The van der Waals surface area contributed by atoms with E-state index in [1.807, 2.05) is 31.1 Å². The molecule has 1 unspecified atom stereocenters. The van der Waals surface area contributed by atoms with Crippen LogP contribution in [0.15, 0.2) is 18.3 Å². The van der Waals surface area contributed by atoms with Crippen molar-refractivity contribution in [2.75, 3.05) is 43.5 Å². The van der Waals surface area contributed by atoms with Gasteiger partial charge in [-0.05, 0) is 94.0 Å². The van der Waals surface area contributed by atoms with Crippen molar-refractivity contribution in [3.05, 3.63) is 28.9 Å². The third-order valence-corrected chi connectivity index (χ3v) is 8.33. The average molecular weight is 470 g/mol. The number of carbonyl (C=O) groups is 1. The van der Waals surface area contributed by atoms with E-state index < -0.39 is 0 Å². The topological polar surface area (TPSA) is 86.3 Å². The van der Waals surface area contributed by atoms with Crippen molar-refractivity contribution in [1.82, 2.24) is 25.0 Å². The molecule has 5 rings (SSSR count). The molecule has 1 saturated carbocycles. The molecule has 2 aromatic rings. The molecular weight excluding hydrogens is 434 g/mol. The lowest BCUT2D eigenvalue weighted by atomic mass is 9.77. The molecule has 0 spiro atoms. The van der Waals surface area contributed by atoms with Crippen molar-refractivity contribution in [3.63, 3.8) is 0 Å². The summed E-state index contributed by atoms with van der Waals surface area (Å²) >= 11 is 1.50. The fourth-order valence-electron chi connectivity index (χ4n) is 5.14. The van der Waals surface area contributed by atoms with Crippen molar-refractivity contribution in [2.45, 2.75) is 57.0 Å². The Morgan fingerprint density at radius 2 is 2.00 bits per heavy atom. The highest BCUT2D eigenvalue weighted by Crippen LogP contribution is 2.42. The maximum atomic E-state index is 12.6. The second kappa shape index (κ2) is 9.18. The van der Waals surface area contributed by atoms with Crippen LogP contribution in [-0.4, -0.2) is 59.5 Å². The van der Waals surface area contributed by atoms with Crippen LogP contribution in [-0.2, 0) is 0 Å². The van der Waals surface area contributed by atoms with Crippen LogP contribution in [0, 0.1) is 11.8 Å². The number of anilines is 2. The molecule has 2 saturated heterocycles. The zero-order chi connectivity index (χ0) is 23.0. The minimum absolute atomic E-state index is 0.0284. The summed E-state index contributed by atoms with van der Waals surface area (Å²) in [6.45, 7) is 5.30. The van der Waals surface area contributed by atoms with Gasteiger partial charge < -0.3 is 20.4 Å². The first kappa shape index (κ1) is 22.5. The number of nitrogens with zero attached hydrogens (tertiary/aromatic N) is 5. The van der Waals surface area contributed by atoms with Crippen molar-refractivity contribution >= 4 is 29.2 Å². The zero-order valence-corrected chi connectivity index (χ0v) is 20.7. The van der Waals surface area contributed by atoms with Crippen LogP contribution in [0.3, 0.4) is 0 Å². The maximum Gasteiger partial charge on any atom is 0.253 e. The maximum absolute atomic E-state index is 12.6. The first-order valence-corrected chi connectivity index (χ1v) is 13.0. The monoisotopic (exact) mass is 469 g/mol. The average Bonchev–Trinajstić information content (AvgIpc) is 3.34. The van der Waals surface area contributed by atoms with Crippen molar-refractivity contribution < 1.29 is 4.79 Å². The van der Waals surface area contributed by atoms with Gasteiger partial charge in [-0.3, -0.25) is 4.79 Å². The molecule has 1 amide bonds. The standard InChI is InChI=1S/C24H35N7OS/c1-24(9-10-24)28-21(32)18-4-5-20(26-15-18)31-13-8-17(16-6-11-25-12-7-16)14-19(31)22-27-23(29-33-22)30(2)3/h4-5,15-17,19,25H,6-14H2,1-3H3,(H,28,32)/t17?,19-/m1/s1. The molecule has 2 N–H and O–H groups in total. The molecule has 4 heterocycles. The first-order chi connectivity index (χ1) is 15.9. The third-order valence-electron chi connectivity index (χ3n) is 7.53. The summed E-state index contributed by atoms with van der Waals surface area (Å²) in [6, 6.07) is 4.07. The summed E-state index contributed by atoms with van der Waals surface area (Å²) in [7, 11) is 3.96. The van der Waals surface area contributed by atoms with E-state index in [9.17, 15) is 4.79 Å². The fraction of sp³-hybridized carbons (Fsp3) is 0.667. The minimum Gasteiger partial charge on any atom is -0.347 e. The Hall–Kier alpha value is -2.26. The van der Waals surface area contributed by atoms with E-state index in [1.165, 1.54) is 30.8 Å². The first-order valence-electron chi connectivity index (χ1n) is 12.2. The highest BCUT2D eigenvalue weighted by atomic mass is 32.1. The molecule has 8 nitrogen and oxygen atoms in total. The highest BCUT2D eigenvalue weighted by Gasteiger charge is 2.39. The van der Waals surface area contributed by atoms with E-state index >= 15 is 0 Å². The summed E-state index contributed by atoms with van der Waals surface area (Å²) in [6.07, 6.45) is 8.59. The van der Waals surface area contributed by atoms with Gasteiger partial charge in [0, 0.05) is 32.4 Å². The number of carbonyl (C=O) groups excluding carboxylic acids is 1. The zero-order valence-electron chi connectivity index (χ0n) is 19.9. The Morgan fingerprint density at radius 1 is 1.21 bits per heavy atom. The predicted octanol–water partition coefficient (Wildman–Crippen LogP) is 3.24. The quantitative estimate of drug-likeness (QED) is 0.672. The van der Waals surface area contributed by atoms with Gasteiger partial charge in [-0.25, -0.2) is 9.97 Å². The number of amides is 1. The molecule has 3 fully saturated rings. The third kappa shape index (κ3) is 4.99. The van der Waals surface area contributed by atoms with E-state index in [4.69, 9.17) is 9.97 Å². The van der Waals surface area contributed by atoms with Crippen molar-refractivity contribution in [2.24, 2.45) is 11.8 Å². The molecular formula is C24H35N7OS. The van der Waals surface area contributed by atoms with E-state index in [0.717, 1.165) is 61.6 Å². The normalized spacial score (nSPS) is 25.0. The predicted molar refractivity (Wildman–Crippen MR) is 132 cm³/mol. The van der Waals surface area contributed by atoms with Crippen LogP contribution in [0.25, 0.3) is 0 Å². The van der Waals surface area contributed by atoms with Crippen LogP contribution in [0.2, 0.25) is 0 Å². The van der Waals surface area contributed by atoms with Gasteiger partial charge in [-0.15, -0.1) is 0 Å². The largest absolute Gasteiger partial charge is 0.347 e. The molecule has 2 atom stereocenters. The molecule has 2 aliphatic heterocycles. The van der Waals surface area contributed by atoms with Crippen molar-refractivity contribution in [3.8, 4) is 0 Å². The smallest absolute Gasteiger partial charge is 0.253 e. The van der Waals surface area contributed by atoms with Gasteiger partial charge >= 0.3 is 0 Å². The van der Waals surface area contributed by atoms with E-state index in [-0.39, 0.29) is 17.5 Å². The lowest BCUT2D eigenvalue weighted by Crippen LogP contribution is -2.41. The van der Waals surface area contributed by atoms with Gasteiger partial charge in [0.25, 0.3) is 5.91 Å². The number of aromatic nitrogens is 3. The number of pyridine rings is 1. The summed E-state index contributed by atoms with van der Waals surface area (Å²) in [4.78, 5) is 26.5. The summed E-state index contributed by atoms with van der Waals surface area (Å²) in [5.41, 5.74) is 0.595. The SMILES string of the molecule is CN(C)c1nsc([C@H]2CC(C3CCNCC3)CCN2c2ccc(C(=O)NC3(C)CC3)cn2)n1. The van der Waals surface area contributed by atoms with Crippen LogP contribution < -0.4 is 20.4 Å². The van der Waals surface area contributed by atoms with Gasteiger partial charge in [0.1, 0.15) is 10.8 Å². The second-order valence-electron chi connectivity index (χ2n) is 10.3. The minimum atomic E-state index is -0.0324. The Morgan fingerprint density at radius 3 is 2.64 bits per heavy atom. The van der Waals surface area contributed by atoms with Crippen LogP contribution in [0.1, 0.15) is 66.9 Å². The molecule has 2 aromatic heterocycles. The van der Waals surface area contributed by atoms with E-state index in [0.29, 0.717) is 11.5 Å². The van der Waals surface area contributed by atoms with Crippen molar-refractivity contribution in [1.29, 1.82) is 0 Å². The van der Waals surface area contributed by atoms with Crippen LogP contribution in [0.5, 0.6) is 0 Å². The number of nitrogens with one attached hydrogen (secondary N) is 2. The summed E-state index contributed by atoms with van der Waals surface area (Å²) in [5, 5.41) is 7.68. The van der Waals surface area contributed by atoms with Gasteiger partial charge in [-0.2, -0.15) is 4.37 Å². The van der Waals surface area contributed by atoms with Gasteiger partial charge in [-0.1, -0.05) is 0 Å². The lowest BCUT2D eigenvalue weighted by molar-refractivity contribution is 0.0935. The fourth-order valence-corrected chi connectivity index (χ4v) is 5.98. The number of hydrogen-bond acceptors (Lipinski definition) is 8. The second-order valence-corrected chi connectivity index (χ2v) is 11.1. The Bertz CT molecular complexity index is 965. The molecule has 3 aliphatic rings. The Balaban J connectivity index is 1.36. The molecule has 33 heavy (non-hydrogen) atoms. The summed E-state index contributed by atoms with van der Waals surface area (Å²) in [5.74, 6) is 3.13. The Kier molecular flexibility index (Phi) is 6.26. The molecule has 0 bridgehead atoms. The van der Waals surface area contributed by atoms with E-state index in [2.05, 4.69) is 26.8 Å². The van der Waals surface area contributed by atoms with Gasteiger partial charge in [0.2, 0.25) is 5.95 Å². The lowest BCUT2D eigenvalue weighted by Gasteiger charge is -2.42. The molecule has 178 valence electrons. The molecule has 0 aromatic carbocycles.